The highest BCUT2D eigenvalue weighted by molar-refractivity contribution is 7.16. The molecule has 0 radical (unpaired) electrons. The number of halogens is 1. The van der Waals surface area contributed by atoms with Gasteiger partial charge in [0.15, 0.2) is 11.5 Å². The summed E-state index contributed by atoms with van der Waals surface area (Å²) in [5.74, 6) is -0.0297. The SMILES string of the molecule is COc1cc(/C=C/C(=O)Nc2sc(C)c(C)c2C(N)=O)cc(Cl)c1OC(C)C. The van der Waals surface area contributed by atoms with Gasteiger partial charge in [0.1, 0.15) is 5.00 Å². The molecule has 0 saturated carbocycles. The summed E-state index contributed by atoms with van der Waals surface area (Å²) in [4.78, 5) is 24.9. The van der Waals surface area contributed by atoms with Crippen LogP contribution in [0.15, 0.2) is 18.2 Å². The van der Waals surface area contributed by atoms with E-state index >= 15 is 0 Å². The van der Waals surface area contributed by atoms with Gasteiger partial charge in [-0.2, -0.15) is 0 Å². The summed E-state index contributed by atoms with van der Waals surface area (Å²) >= 11 is 7.60. The minimum Gasteiger partial charge on any atom is -0.493 e. The Morgan fingerprint density at radius 1 is 1.29 bits per heavy atom. The molecule has 1 heterocycles. The molecule has 0 atom stereocenters. The van der Waals surface area contributed by atoms with Crippen molar-refractivity contribution in [2.75, 3.05) is 12.4 Å². The van der Waals surface area contributed by atoms with Crippen LogP contribution in [0.4, 0.5) is 5.00 Å². The highest BCUT2D eigenvalue weighted by atomic mass is 35.5. The number of benzene rings is 1. The lowest BCUT2D eigenvalue weighted by Gasteiger charge is -2.15. The summed E-state index contributed by atoms with van der Waals surface area (Å²) in [6.45, 7) is 7.45. The maximum absolute atomic E-state index is 12.3. The maximum Gasteiger partial charge on any atom is 0.251 e. The normalized spacial score (nSPS) is 11.1. The summed E-state index contributed by atoms with van der Waals surface area (Å²) in [6.07, 6.45) is 2.89. The molecule has 6 nitrogen and oxygen atoms in total. The van der Waals surface area contributed by atoms with Gasteiger partial charge in [0.25, 0.3) is 5.91 Å². The van der Waals surface area contributed by atoms with Gasteiger partial charge in [-0.15, -0.1) is 11.3 Å². The van der Waals surface area contributed by atoms with E-state index in [2.05, 4.69) is 5.32 Å². The highest BCUT2D eigenvalue weighted by Crippen LogP contribution is 2.37. The molecule has 2 rings (SSSR count). The second kappa shape index (κ2) is 9.12. The van der Waals surface area contributed by atoms with Gasteiger partial charge in [-0.1, -0.05) is 11.6 Å². The Morgan fingerprint density at radius 2 is 1.96 bits per heavy atom. The molecule has 0 spiro atoms. The topological polar surface area (TPSA) is 90.6 Å². The molecule has 0 aliphatic heterocycles. The number of rotatable bonds is 7. The Morgan fingerprint density at radius 3 is 2.54 bits per heavy atom. The first kappa shape index (κ1) is 21.8. The number of hydrogen-bond donors (Lipinski definition) is 2. The number of thiophene rings is 1. The summed E-state index contributed by atoms with van der Waals surface area (Å²) < 4.78 is 11.0. The van der Waals surface area contributed by atoms with Gasteiger partial charge in [0.2, 0.25) is 5.91 Å². The van der Waals surface area contributed by atoms with Crippen LogP contribution in [0.25, 0.3) is 6.08 Å². The van der Waals surface area contributed by atoms with Gasteiger partial charge >= 0.3 is 0 Å². The van der Waals surface area contributed by atoms with Crippen molar-refractivity contribution in [1.29, 1.82) is 0 Å². The van der Waals surface area contributed by atoms with Crippen LogP contribution in [0.5, 0.6) is 11.5 Å². The lowest BCUT2D eigenvalue weighted by atomic mass is 10.1. The van der Waals surface area contributed by atoms with Gasteiger partial charge in [-0.25, -0.2) is 0 Å². The van der Waals surface area contributed by atoms with Crippen molar-refractivity contribution in [3.63, 3.8) is 0 Å². The van der Waals surface area contributed by atoms with E-state index in [1.54, 1.807) is 25.1 Å². The van der Waals surface area contributed by atoms with Gasteiger partial charge < -0.3 is 20.5 Å². The van der Waals surface area contributed by atoms with Crippen LogP contribution < -0.4 is 20.5 Å². The zero-order valence-corrected chi connectivity index (χ0v) is 18.0. The zero-order valence-electron chi connectivity index (χ0n) is 16.4. The predicted octanol–water partition coefficient (Wildman–Crippen LogP) is 4.56. The fourth-order valence-electron chi connectivity index (χ4n) is 2.52. The predicted molar refractivity (Wildman–Crippen MR) is 114 cm³/mol. The van der Waals surface area contributed by atoms with E-state index in [4.69, 9.17) is 26.8 Å². The lowest BCUT2D eigenvalue weighted by molar-refractivity contribution is -0.111. The van der Waals surface area contributed by atoms with Crippen LogP contribution in [0.2, 0.25) is 5.02 Å². The molecule has 0 aliphatic carbocycles. The van der Waals surface area contributed by atoms with Crippen molar-refractivity contribution in [1.82, 2.24) is 0 Å². The zero-order chi connectivity index (χ0) is 21.0. The number of hydrogen-bond acceptors (Lipinski definition) is 5. The third-order valence-corrected chi connectivity index (χ3v) is 5.30. The molecule has 1 aromatic carbocycles. The van der Waals surface area contributed by atoms with Crippen LogP contribution in [0.3, 0.4) is 0 Å². The summed E-state index contributed by atoms with van der Waals surface area (Å²) in [5, 5.41) is 3.53. The van der Waals surface area contributed by atoms with Gasteiger partial charge in [-0.3, -0.25) is 9.59 Å². The van der Waals surface area contributed by atoms with Crippen molar-refractivity contribution in [2.45, 2.75) is 33.8 Å². The Kier molecular flexibility index (Phi) is 7.10. The molecule has 1 aromatic heterocycles. The van der Waals surface area contributed by atoms with E-state index in [1.165, 1.54) is 24.5 Å². The number of ether oxygens (including phenoxy) is 2. The van der Waals surface area contributed by atoms with Crippen LogP contribution in [0, 0.1) is 13.8 Å². The molecule has 3 N–H and O–H groups in total. The molecule has 150 valence electrons. The molecule has 0 fully saturated rings. The van der Waals surface area contributed by atoms with Gasteiger partial charge in [0.05, 0.1) is 23.8 Å². The van der Waals surface area contributed by atoms with Gasteiger partial charge in [-0.05, 0) is 57.0 Å². The number of nitrogens with two attached hydrogens (primary N) is 1. The van der Waals surface area contributed by atoms with E-state index in [1.807, 2.05) is 20.8 Å². The molecule has 2 amide bonds. The Bertz CT molecular complexity index is 935. The first-order chi connectivity index (χ1) is 13.1. The number of nitrogens with one attached hydrogen (secondary N) is 1. The van der Waals surface area contributed by atoms with E-state index in [0.29, 0.717) is 32.6 Å². The minimum absolute atomic E-state index is 0.0595. The quantitative estimate of drug-likeness (QED) is 0.639. The number of primary amides is 1. The third-order valence-electron chi connectivity index (χ3n) is 3.90. The number of methoxy groups -OCH3 is 1. The number of aryl methyl sites for hydroxylation is 1. The Balaban J connectivity index is 2.22. The summed E-state index contributed by atoms with van der Waals surface area (Å²) in [6, 6.07) is 3.40. The second-order valence-corrected chi connectivity index (χ2v) is 8.01. The van der Waals surface area contributed by atoms with E-state index in [0.717, 1.165) is 10.4 Å². The third kappa shape index (κ3) is 5.05. The lowest BCUT2D eigenvalue weighted by Crippen LogP contribution is -2.16. The van der Waals surface area contributed by atoms with Crippen molar-refractivity contribution >= 4 is 45.8 Å². The molecule has 28 heavy (non-hydrogen) atoms. The molecule has 0 saturated heterocycles. The van der Waals surface area contributed by atoms with E-state index < -0.39 is 5.91 Å². The molecular weight excluding hydrogens is 400 g/mol. The molecule has 0 bridgehead atoms. The molecular formula is C20H23ClN2O4S. The average Bonchev–Trinajstić information content (AvgIpc) is 2.88. The van der Waals surface area contributed by atoms with Crippen molar-refractivity contribution in [3.05, 3.63) is 44.8 Å². The maximum atomic E-state index is 12.3. The number of amides is 2. The fraction of sp³-hybridized carbons (Fsp3) is 0.300. The number of carbonyl (C=O) groups is 2. The monoisotopic (exact) mass is 422 g/mol. The largest absolute Gasteiger partial charge is 0.493 e. The van der Waals surface area contributed by atoms with Crippen LogP contribution >= 0.6 is 22.9 Å². The number of carbonyl (C=O) groups excluding carboxylic acids is 2. The van der Waals surface area contributed by atoms with Crippen LogP contribution in [-0.4, -0.2) is 25.0 Å². The second-order valence-electron chi connectivity index (χ2n) is 6.37. The average molecular weight is 423 g/mol. The first-order valence-corrected chi connectivity index (χ1v) is 9.76. The van der Waals surface area contributed by atoms with E-state index in [-0.39, 0.29) is 12.0 Å². The fourth-order valence-corrected chi connectivity index (χ4v) is 3.86. The Labute approximate surface area is 173 Å². The van der Waals surface area contributed by atoms with Crippen molar-refractivity contribution in [2.24, 2.45) is 5.73 Å². The standard InChI is InChI=1S/C20H23ClN2O4S/c1-10(2)27-18-14(21)8-13(9-15(18)26-5)6-7-16(24)23-20-17(19(22)25)11(3)12(4)28-20/h6-10H,1-5H3,(H2,22,25)(H,23,24)/b7-6+. The molecule has 8 heteroatoms. The van der Waals surface area contributed by atoms with Crippen LogP contribution in [-0.2, 0) is 4.79 Å². The Hall–Kier alpha value is -2.51. The minimum atomic E-state index is -0.571. The molecule has 0 aliphatic rings. The molecule has 2 aromatic rings. The first-order valence-electron chi connectivity index (χ1n) is 8.57. The van der Waals surface area contributed by atoms with Crippen LogP contribution in [0.1, 0.15) is 40.2 Å². The number of anilines is 1. The smallest absolute Gasteiger partial charge is 0.251 e. The highest BCUT2D eigenvalue weighted by Gasteiger charge is 2.18. The van der Waals surface area contributed by atoms with E-state index in [9.17, 15) is 9.59 Å². The summed E-state index contributed by atoms with van der Waals surface area (Å²) in [7, 11) is 1.52. The van der Waals surface area contributed by atoms with Crippen molar-refractivity contribution < 1.29 is 19.1 Å². The summed E-state index contributed by atoms with van der Waals surface area (Å²) in [5.41, 5.74) is 7.20. The molecule has 0 unspecified atom stereocenters. The van der Waals surface area contributed by atoms with Gasteiger partial charge in [0, 0.05) is 11.0 Å². The van der Waals surface area contributed by atoms with Crippen molar-refractivity contribution in [3.8, 4) is 11.5 Å².